The first-order valence-electron chi connectivity index (χ1n) is 2.84. The molecule has 1 heterocycles. The predicted octanol–water partition coefficient (Wildman–Crippen LogP) is 1.40. The summed E-state index contributed by atoms with van der Waals surface area (Å²) in [6.07, 6.45) is 4.39. The normalized spacial score (nSPS) is 32.7. The van der Waals surface area contributed by atoms with Gasteiger partial charge in [0.05, 0.1) is 0 Å². The van der Waals surface area contributed by atoms with E-state index in [-0.39, 0.29) is 0 Å². The van der Waals surface area contributed by atoms with Gasteiger partial charge in [0, 0.05) is 0 Å². The molecule has 1 aliphatic heterocycles. The van der Waals surface area contributed by atoms with Crippen LogP contribution in [0.3, 0.4) is 0 Å². The second-order valence-electron chi connectivity index (χ2n) is 1.99. The molecule has 1 rings (SSSR count). The monoisotopic (exact) mass is 125 g/mol. The number of hydrogen-bond donors (Lipinski definition) is 0. The second kappa shape index (κ2) is 3.20. The van der Waals surface area contributed by atoms with Crippen molar-refractivity contribution in [3.63, 3.8) is 0 Å². The average Bonchev–Trinajstić information content (AvgIpc) is 1.69. The predicted molar refractivity (Wildman–Crippen MR) is 35.9 cm³/mol. The zero-order chi connectivity index (χ0) is 5.11. The van der Waals surface area contributed by atoms with E-state index in [1.54, 1.807) is 0 Å². The van der Waals surface area contributed by atoms with Gasteiger partial charge in [-0.2, -0.15) is 11.8 Å². The van der Waals surface area contributed by atoms with Crippen LogP contribution in [0.2, 0.25) is 0 Å². The van der Waals surface area contributed by atoms with Gasteiger partial charge < -0.3 is 0 Å². The first kappa shape index (κ1) is 6.24. The van der Waals surface area contributed by atoms with Gasteiger partial charge in [0.2, 0.25) is 21.7 Å². The first-order chi connectivity index (χ1) is 3.39. The van der Waals surface area contributed by atoms with E-state index in [4.69, 9.17) is 0 Å². The van der Waals surface area contributed by atoms with Gasteiger partial charge in [0.1, 0.15) is 0 Å². The molecule has 1 fully saturated rings. The van der Waals surface area contributed by atoms with Crippen LogP contribution in [-0.4, -0.2) is 30.8 Å². The van der Waals surface area contributed by atoms with E-state index in [1.165, 1.54) is 25.0 Å². The third-order valence-corrected chi connectivity index (χ3v) is 3.62. The van der Waals surface area contributed by atoms with Gasteiger partial charge >= 0.3 is 0 Å². The minimum atomic E-state index is 0.980. The third kappa shape index (κ3) is 2.24. The summed E-state index contributed by atoms with van der Waals surface area (Å²) in [5.74, 6) is 1.41. The minimum absolute atomic E-state index is 0.980. The molecule has 1 aliphatic rings. The van der Waals surface area contributed by atoms with E-state index in [1.807, 2.05) is 0 Å². The van der Waals surface area contributed by atoms with Crippen LogP contribution in [0.5, 0.6) is 0 Å². The van der Waals surface area contributed by atoms with Crippen molar-refractivity contribution in [2.75, 3.05) is 5.75 Å². The molecular formula is C5H9MgS. The lowest BCUT2D eigenvalue weighted by molar-refractivity contribution is 0.743. The van der Waals surface area contributed by atoms with Crippen LogP contribution in [0.25, 0.3) is 0 Å². The zero-order valence-corrected chi connectivity index (χ0v) is 6.75. The van der Waals surface area contributed by atoms with Gasteiger partial charge in [0.25, 0.3) is 0 Å². The van der Waals surface area contributed by atoms with Crippen molar-refractivity contribution in [1.29, 1.82) is 0 Å². The lowest BCUT2D eigenvalue weighted by Gasteiger charge is -2.18. The van der Waals surface area contributed by atoms with Gasteiger partial charge in [0.15, 0.2) is 0 Å². The van der Waals surface area contributed by atoms with Gasteiger partial charge in [-0.15, -0.1) is 3.38 Å². The Hall–Kier alpha value is 1.12. The van der Waals surface area contributed by atoms with Crippen LogP contribution in [0, 0.1) is 0 Å². The van der Waals surface area contributed by atoms with Crippen LogP contribution in [0.1, 0.15) is 19.3 Å². The first-order valence-corrected chi connectivity index (χ1v) is 4.71. The molecule has 0 aromatic rings. The largest absolute Gasteiger partial charge is 0.245 e. The molecule has 0 nitrogen and oxygen atoms in total. The van der Waals surface area contributed by atoms with Crippen molar-refractivity contribution in [2.24, 2.45) is 0 Å². The van der Waals surface area contributed by atoms with E-state index in [0.29, 0.717) is 0 Å². The second-order valence-corrected chi connectivity index (χ2v) is 4.97. The Morgan fingerprint density at radius 3 is 2.57 bits per heavy atom. The summed E-state index contributed by atoms with van der Waals surface area (Å²) in [6, 6.07) is 0. The Balaban J connectivity index is 2.12. The van der Waals surface area contributed by atoms with Gasteiger partial charge in [-0.25, -0.2) is 0 Å². The molecule has 1 saturated heterocycles. The van der Waals surface area contributed by atoms with E-state index in [2.05, 4.69) is 33.5 Å². The standard InChI is InChI=1S/C5H9S.Mg/c1-2-4-6-5-3-1;/h4H,1-3,5H2;. The Morgan fingerprint density at radius 2 is 2.29 bits per heavy atom. The molecule has 7 heavy (non-hydrogen) atoms. The van der Waals surface area contributed by atoms with E-state index in [9.17, 15) is 0 Å². The highest BCUT2D eigenvalue weighted by molar-refractivity contribution is 8.01. The van der Waals surface area contributed by atoms with Crippen molar-refractivity contribution in [3.05, 3.63) is 0 Å². The van der Waals surface area contributed by atoms with Crippen molar-refractivity contribution >= 4 is 33.5 Å². The molecule has 0 saturated carbocycles. The van der Waals surface area contributed by atoms with E-state index in [0.717, 1.165) is 3.38 Å². The quantitative estimate of drug-likeness (QED) is 0.441. The van der Waals surface area contributed by atoms with E-state index < -0.39 is 0 Å². The molecule has 0 bridgehead atoms. The summed E-state index contributed by atoms with van der Waals surface area (Å²) < 4.78 is 0.980. The Bertz CT molecular complexity index is 50.0. The number of thioether (sulfide) groups is 1. The fourth-order valence-corrected chi connectivity index (χ4v) is 2.63. The maximum absolute atomic E-state index is 2.14. The molecule has 0 aromatic carbocycles. The van der Waals surface area contributed by atoms with Crippen LogP contribution >= 0.6 is 11.8 Å². The summed E-state index contributed by atoms with van der Waals surface area (Å²) in [7, 11) is 0. The molecule has 0 aliphatic carbocycles. The van der Waals surface area contributed by atoms with Crippen molar-refractivity contribution in [2.45, 2.75) is 22.6 Å². The molecule has 0 spiro atoms. The van der Waals surface area contributed by atoms with Crippen molar-refractivity contribution < 1.29 is 0 Å². The summed E-state index contributed by atoms with van der Waals surface area (Å²) in [5, 5.41) is 0. The molecule has 0 amide bonds. The Morgan fingerprint density at radius 1 is 1.43 bits per heavy atom. The van der Waals surface area contributed by atoms with Crippen molar-refractivity contribution in [3.8, 4) is 0 Å². The summed E-state index contributed by atoms with van der Waals surface area (Å²) in [5.41, 5.74) is 0. The summed E-state index contributed by atoms with van der Waals surface area (Å²) >= 11 is 4.27. The van der Waals surface area contributed by atoms with Crippen LogP contribution in [0.15, 0.2) is 0 Å². The zero-order valence-electron chi connectivity index (χ0n) is 4.52. The van der Waals surface area contributed by atoms with E-state index >= 15 is 0 Å². The van der Waals surface area contributed by atoms with Crippen LogP contribution in [-0.2, 0) is 0 Å². The lowest BCUT2D eigenvalue weighted by atomic mass is 10.3. The molecule has 37 valence electrons. The average molecular weight is 125 g/mol. The number of hydrogen-bond acceptors (Lipinski definition) is 1. The summed E-state index contributed by atoms with van der Waals surface area (Å²) in [4.78, 5) is 0. The highest BCUT2D eigenvalue weighted by Crippen LogP contribution is 2.21. The fraction of sp³-hybridized carbons (Fsp3) is 1.00. The molecule has 0 N–H and O–H groups in total. The minimum Gasteiger partial charge on any atom is -0.190 e. The van der Waals surface area contributed by atoms with Crippen LogP contribution in [0.4, 0.5) is 0 Å². The topological polar surface area (TPSA) is 0 Å². The van der Waals surface area contributed by atoms with Gasteiger partial charge in [-0.3, -0.25) is 0 Å². The Kier molecular flexibility index (Phi) is 2.86. The van der Waals surface area contributed by atoms with Crippen molar-refractivity contribution in [1.82, 2.24) is 0 Å². The van der Waals surface area contributed by atoms with Gasteiger partial charge in [-0.05, 0) is 12.2 Å². The summed E-state index contributed by atoms with van der Waals surface area (Å²) in [6.45, 7) is 0. The lowest BCUT2D eigenvalue weighted by Crippen LogP contribution is -2.07. The highest BCUT2D eigenvalue weighted by Gasteiger charge is 2.04. The smallest absolute Gasteiger partial charge is 0.190 e. The third-order valence-electron chi connectivity index (χ3n) is 1.27. The molecular weight excluding hydrogens is 116 g/mol. The van der Waals surface area contributed by atoms with Gasteiger partial charge in [-0.1, -0.05) is 12.8 Å². The number of rotatable bonds is 0. The molecule has 1 radical (unpaired) electrons. The molecule has 1 unspecified atom stereocenters. The van der Waals surface area contributed by atoms with Crippen LogP contribution < -0.4 is 0 Å². The maximum atomic E-state index is 2.14. The molecule has 2 heteroatoms. The fourth-order valence-electron chi connectivity index (χ4n) is 0.807. The Labute approximate surface area is 61.9 Å². The highest BCUT2D eigenvalue weighted by atomic mass is 32.2. The maximum Gasteiger partial charge on any atom is 0.245 e. The SMILES string of the molecule is [Mg][CH]1CCCCS1. The molecule has 1 atom stereocenters. The molecule has 0 aromatic heterocycles.